The molecule has 44 nitrogen and oxygen atoms in total. The lowest BCUT2D eigenvalue weighted by Crippen LogP contribution is -2.48. The van der Waals surface area contributed by atoms with E-state index in [0.717, 1.165) is 133 Å². The number of aliphatic carboxylic acids is 1. The summed E-state index contributed by atoms with van der Waals surface area (Å²) in [6.45, 7) is 28.2. The number of nitrogens with zero attached hydrogens (tertiary/aromatic N) is 23. The Kier molecular flexibility index (Phi) is 42.4. The van der Waals surface area contributed by atoms with Crippen LogP contribution in [0.2, 0.25) is 0 Å². The number of hydrogen-bond acceptors (Lipinski definition) is 42. The number of carboxylic acid groups (broad SMARTS) is 1. The monoisotopic (exact) mass is 2100 g/mol. The van der Waals surface area contributed by atoms with Crippen molar-refractivity contribution in [1.29, 1.82) is 0 Å². The van der Waals surface area contributed by atoms with Gasteiger partial charge in [0, 0.05) is 188 Å². The van der Waals surface area contributed by atoms with Gasteiger partial charge in [-0.15, -0.1) is 35.5 Å². The van der Waals surface area contributed by atoms with Gasteiger partial charge in [-0.1, -0.05) is 33.0 Å². The Bertz CT molecular complexity index is 5890. The Morgan fingerprint density at radius 3 is 1.27 bits per heavy atom. The van der Waals surface area contributed by atoms with Crippen molar-refractivity contribution in [3.8, 4) is 0 Å². The summed E-state index contributed by atoms with van der Waals surface area (Å²) in [4.78, 5) is 116. The van der Waals surface area contributed by atoms with Crippen molar-refractivity contribution in [1.82, 2.24) is 97.1 Å². The molecule has 4 saturated heterocycles. The molecular weight excluding hydrogens is 1980 g/mol. The third-order valence-electron chi connectivity index (χ3n) is 24.4. The molecule has 4 aliphatic carbocycles. The quantitative estimate of drug-likeness (QED) is 0.0141. The highest BCUT2D eigenvalue weighted by atomic mass is 79.9. The lowest BCUT2D eigenvalue weighted by Gasteiger charge is -2.39. The zero-order valence-corrected chi connectivity index (χ0v) is 84.0. The number of carbonyl (C=O) groups is 7. The highest BCUT2D eigenvalue weighted by molar-refractivity contribution is 9.10. The highest BCUT2D eigenvalue weighted by Crippen LogP contribution is 2.59. The van der Waals surface area contributed by atoms with Gasteiger partial charge in [0.2, 0.25) is 35.4 Å². The second kappa shape index (κ2) is 54.7. The number of amides is 1. The molecule has 17 heterocycles. The molecule has 10 aromatic heterocycles. The van der Waals surface area contributed by atoms with Gasteiger partial charge in [0.15, 0.2) is 11.6 Å². The van der Waals surface area contributed by atoms with Crippen LogP contribution in [0.4, 0.5) is 46.0 Å². The fourth-order valence-corrected chi connectivity index (χ4v) is 17.1. The van der Waals surface area contributed by atoms with Crippen LogP contribution in [0.25, 0.3) is 6.08 Å². The van der Waals surface area contributed by atoms with Crippen LogP contribution in [-0.4, -0.2) is 219 Å². The van der Waals surface area contributed by atoms with Gasteiger partial charge in [-0.05, 0) is 194 Å². The fourth-order valence-electron chi connectivity index (χ4n) is 16.8. The summed E-state index contributed by atoms with van der Waals surface area (Å²) in [6, 6.07) is 8.44. The predicted molar refractivity (Wildman–Crippen MR) is 522 cm³/mol. The number of aromatic nitrogens is 15. The molecule has 8 fully saturated rings. The number of rotatable bonds is 17. The standard InChI is InChI=1S/C19H21FN6O2.C13H19N3O3.C11H15N3O3.C10H17NO2.2C8H8FN3.C8H6FNO.C6H4FNO.C4H9NO2.C3H3BrN2O.C3H5N3O.C3H4O/c1-12-23-24-18(28-12)25-7-3-15(19(11-25)4-5-19)17(27)26-16(2-6-22-26)13-8-14(20)10-21-9-13;1-3-18-11(17)10-4-7-16(8-13(10)5-6-13)12-15-14-9(2)19-12;1-7-12-13-10(17-7)14-5-2-8(9(15)16)11(6-14)3-4-11;1-2-13-9(12)8-3-6-11-7-10(8)4-5-10;2*9-7-3-6(4-10-5-7)8-1-2-11-12-8;9-8-4-7(2-1-3-11)5-10-6-8;7-6-1-5(4-9)2-8-3-6;1-4(2,3)7-5-6;2*1-2-5-6-3(4)7-2;1-2-3-4/h6,8-10,15-16H,2-5,7,11H2,1H3;10H,3-8H2,1-2H3;8H,2-6H2,1H3,(H,15,16);8,11H,2-7H2,1H3;2*2-5,8,12H,1H2;1-6H;1-4H;1-3H3;1H3;1H3,(H2,4,6);2-3H,1H2/b;;;;;;2-1+;;;;;. The number of nitrogens with one attached hydrogen (secondary N) is 3. The van der Waals surface area contributed by atoms with Crippen molar-refractivity contribution in [3.05, 3.63) is 207 Å². The number of anilines is 4. The van der Waals surface area contributed by atoms with E-state index in [1.165, 1.54) is 91.3 Å². The maximum absolute atomic E-state index is 13.6. The Labute approximate surface area is 845 Å². The summed E-state index contributed by atoms with van der Waals surface area (Å²) in [5, 5.41) is 66.0. The number of ether oxygens (including phenoxy) is 2. The van der Waals surface area contributed by atoms with Gasteiger partial charge < -0.3 is 78.1 Å². The molecule has 11 aliphatic rings. The maximum atomic E-state index is 13.6. The van der Waals surface area contributed by atoms with Gasteiger partial charge in [-0.2, -0.15) is 15.3 Å². The number of nitrogens with two attached hydrogens (primary N) is 1. The van der Waals surface area contributed by atoms with E-state index in [0.29, 0.717) is 128 Å². The molecule has 21 rings (SSSR count). The largest absolute Gasteiger partial charge is 0.481 e. The summed E-state index contributed by atoms with van der Waals surface area (Å²) in [5.74, 6) is 0.0708. The second-order valence-corrected chi connectivity index (χ2v) is 37.0. The number of esters is 2. The van der Waals surface area contributed by atoms with E-state index < -0.39 is 29.0 Å². The van der Waals surface area contributed by atoms with E-state index in [2.05, 4.69) is 154 Å². The van der Waals surface area contributed by atoms with Crippen molar-refractivity contribution in [3.63, 3.8) is 0 Å². The number of aldehydes is 3. The Morgan fingerprint density at radius 2 is 0.925 bits per heavy atom. The molecule has 0 radical (unpaired) electrons. The number of carbonyl (C=O) groups excluding carboxylic acids is 6. The summed E-state index contributed by atoms with van der Waals surface area (Å²) in [7, 11) is 0. The average Bonchev–Trinajstić information content (AvgIpc) is 1.58. The van der Waals surface area contributed by atoms with Crippen LogP contribution in [0.1, 0.15) is 211 Å². The minimum Gasteiger partial charge on any atom is -0.481 e. The molecule has 50 heteroatoms. The molecule has 6 N–H and O–H groups in total. The molecule has 4 saturated carbocycles. The molecule has 0 bridgehead atoms. The van der Waals surface area contributed by atoms with E-state index in [-0.39, 0.29) is 105 Å². The summed E-state index contributed by atoms with van der Waals surface area (Å²) in [5.41, 5.74) is 13.8. The number of allylic oxidation sites excluding steroid dienone is 2. The number of carboxylic acids is 1. The number of hydrazone groups is 3. The Balaban J connectivity index is 0.000000168. The first-order chi connectivity index (χ1) is 70.0. The SMILES string of the molecule is C=CC=O.CC(C)(C)ON=O.CCOC(=O)C1CCN(c2nnc(C)o2)CC12CC2.CCOC(=O)C1CCNCC12CC2.Cc1nnc(Br)o1.Cc1nnc(N)o1.Cc1nnc(N2CCC(C(=O)N3N=CCC3c3cncc(F)c3)C3(CC3)C2)o1.Cc1nnc(N2CCC(C(=O)O)C3(CC3)C2)o1.Fc1cncc(C2CC=NN2)c1.Fc1cncc(C2CC=NN2)c1.O=C/C=C/c1cncc(F)c1.O=Cc1cncc(F)c1. The fraction of sp³-hybridized carbons (Fsp3) is 0.490. The van der Waals surface area contributed by atoms with E-state index >= 15 is 0 Å². The Hall–Kier alpha value is -14.9. The van der Waals surface area contributed by atoms with Crippen LogP contribution in [0, 0.1) is 114 Å². The molecular formula is C96H119BrF5N27O17. The van der Waals surface area contributed by atoms with Crippen LogP contribution in [0.3, 0.4) is 0 Å². The minimum absolute atomic E-state index is 0.0156. The van der Waals surface area contributed by atoms with Crippen LogP contribution >= 0.6 is 15.9 Å². The van der Waals surface area contributed by atoms with Crippen molar-refractivity contribution in [2.45, 2.75) is 189 Å². The van der Waals surface area contributed by atoms with E-state index in [1.54, 1.807) is 92.6 Å². The molecule has 782 valence electrons. The van der Waals surface area contributed by atoms with Crippen molar-refractivity contribution >= 4 is 107 Å². The molecule has 4 spiro atoms. The van der Waals surface area contributed by atoms with Crippen LogP contribution in [0.5, 0.6) is 0 Å². The number of aryl methyl sites for hydroxylation is 5. The first-order valence-electron chi connectivity index (χ1n) is 47.0. The molecule has 10 aromatic rings. The summed E-state index contributed by atoms with van der Waals surface area (Å²) >= 11 is 2.99. The number of nitrogen functional groups attached to an aromatic ring is 1. The van der Waals surface area contributed by atoms with Crippen molar-refractivity contribution in [2.75, 3.05) is 86.0 Å². The molecule has 146 heavy (non-hydrogen) atoms. The van der Waals surface area contributed by atoms with Crippen molar-refractivity contribution in [2.24, 2.45) is 66.0 Å². The first-order valence-corrected chi connectivity index (χ1v) is 47.8. The third kappa shape index (κ3) is 34.7. The summed E-state index contributed by atoms with van der Waals surface area (Å²) < 4.78 is 99.7. The van der Waals surface area contributed by atoms with Gasteiger partial charge in [-0.3, -0.25) is 58.5 Å². The van der Waals surface area contributed by atoms with Gasteiger partial charge in [-0.25, -0.2) is 27.0 Å². The van der Waals surface area contributed by atoms with Gasteiger partial charge >= 0.3 is 42.0 Å². The van der Waals surface area contributed by atoms with Crippen LogP contribution in [-0.2, 0) is 43.1 Å². The van der Waals surface area contributed by atoms with Crippen molar-refractivity contribution < 1.29 is 97.0 Å². The summed E-state index contributed by atoms with van der Waals surface area (Å²) in [6.07, 6.45) is 38.3. The van der Waals surface area contributed by atoms with E-state index in [1.807, 2.05) is 18.7 Å². The number of piperidine rings is 4. The Morgan fingerprint density at radius 1 is 0.521 bits per heavy atom. The number of pyridine rings is 5. The normalized spacial score (nSPS) is 20.1. The average molecular weight is 2100 g/mol. The second-order valence-electron chi connectivity index (χ2n) is 36.3. The zero-order chi connectivity index (χ0) is 106. The van der Waals surface area contributed by atoms with E-state index in [4.69, 9.17) is 37.7 Å². The highest BCUT2D eigenvalue weighted by Gasteiger charge is 2.60. The predicted octanol–water partition coefficient (Wildman–Crippen LogP) is 13.9. The molecule has 1 amide bonds. The van der Waals surface area contributed by atoms with Gasteiger partial charge in [0.1, 0.15) is 47.3 Å². The minimum atomic E-state index is -0.663. The smallest absolute Gasteiger partial charge is 0.318 e. The lowest BCUT2D eigenvalue weighted by atomic mass is 9.81. The van der Waals surface area contributed by atoms with Crippen LogP contribution in [0.15, 0.2) is 159 Å². The van der Waals surface area contributed by atoms with Crippen LogP contribution < -0.4 is 36.6 Å². The number of hydrogen-bond donors (Lipinski definition) is 5. The molecule has 7 atom stereocenters. The van der Waals surface area contributed by atoms with Gasteiger partial charge in [0.25, 0.3) is 4.80 Å². The van der Waals surface area contributed by atoms with Gasteiger partial charge in [0.05, 0.1) is 80.1 Å². The molecule has 7 unspecified atom stereocenters. The zero-order valence-electron chi connectivity index (χ0n) is 82.4. The molecule has 0 aromatic carbocycles. The molecule has 7 aliphatic heterocycles. The maximum Gasteiger partial charge on any atom is 0.318 e. The van der Waals surface area contributed by atoms with E-state index in [9.17, 15) is 60.7 Å². The lowest BCUT2D eigenvalue weighted by molar-refractivity contribution is -0.152. The first kappa shape index (κ1) is 113. The third-order valence-corrected chi connectivity index (χ3v) is 24.8. The topological polar surface area (TPSA) is 568 Å². The number of halogens is 6.